The summed E-state index contributed by atoms with van der Waals surface area (Å²) in [5.74, 6) is 0. The minimum absolute atomic E-state index is 0. The second-order valence-electron chi connectivity index (χ2n) is 5.11. The van der Waals surface area contributed by atoms with Crippen molar-refractivity contribution in [2.75, 3.05) is 13.1 Å². The predicted octanol–water partition coefficient (Wildman–Crippen LogP) is 3.09. The molecule has 0 fully saturated rings. The van der Waals surface area contributed by atoms with Crippen molar-refractivity contribution < 1.29 is 30.7 Å². The van der Waals surface area contributed by atoms with Gasteiger partial charge in [0.2, 0.25) is 0 Å². The first-order valence-electron chi connectivity index (χ1n) is 4.58. The Bertz CT molecular complexity index is 114. The third kappa shape index (κ3) is 25.1. The normalized spacial score (nSPS) is 10.8. The van der Waals surface area contributed by atoms with E-state index in [-0.39, 0.29) is 41.8 Å². The second-order valence-corrected chi connectivity index (χ2v) is 5.11. The molecule has 0 aliphatic rings. The zero-order valence-corrected chi connectivity index (χ0v) is 13.0. The molecule has 0 N–H and O–H groups in total. The molecule has 0 aromatic rings. The zero-order valence-electron chi connectivity index (χ0n) is 10.5. The average molecular weight is 393 g/mol. The molecule has 0 saturated carbocycles. The van der Waals surface area contributed by atoms with E-state index in [0.29, 0.717) is 0 Å². The molecule has 0 aromatic heterocycles. The van der Waals surface area contributed by atoms with Gasteiger partial charge in [0.05, 0.1) is 0 Å². The van der Waals surface area contributed by atoms with Gasteiger partial charge in [0.1, 0.15) is 0 Å². The van der Waals surface area contributed by atoms with E-state index in [1.165, 1.54) is 0 Å². The van der Waals surface area contributed by atoms with Crippen LogP contribution in [0.4, 0.5) is 0 Å². The van der Waals surface area contributed by atoms with Crippen molar-refractivity contribution >= 4 is 0 Å². The minimum atomic E-state index is 0. The Morgan fingerprint density at radius 1 is 0.667 bits per heavy atom. The van der Waals surface area contributed by atoms with E-state index in [9.17, 15) is 0 Å². The van der Waals surface area contributed by atoms with Gasteiger partial charge in [-0.15, -0.1) is 11.1 Å². The van der Waals surface area contributed by atoms with E-state index in [4.69, 9.17) is 0 Å². The van der Waals surface area contributed by atoms with Crippen LogP contribution in [0.5, 0.6) is 0 Å². The maximum absolute atomic E-state index is 4.47. The number of rotatable bonds is 3. The summed E-state index contributed by atoms with van der Waals surface area (Å²) < 4.78 is 0. The van der Waals surface area contributed by atoms with Crippen LogP contribution in [0.1, 0.15) is 41.5 Å². The average Bonchev–Trinajstić information content (AvgIpc) is 1.76. The summed E-state index contributed by atoms with van der Waals surface area (Å²) in [6, 6.07) is 0. The molecule has 15 heavy (non-hydrogen) atoms. The third-order valence-electron chi connectivity index (χ3n) is 1.27. The Balaban J connectivity index is -0.000000202. The van der Waals surface area contributed by atoms with Gasteiger partial charge < -0.3 is 21.6 Å². The van der Waals surface area contributed by atoms with Crippen molar-refractivity contribution in [1.29, 1.82) is 0 Å². The number of hydrogen-bond acceptors (Lipinski definition) is 0. The Hall–Kier alpha value is 0.476. The smallest absolute Gasteiger partial charge is 2.00 e. The molecule has 0 bridgehead atoms. The Morgan fingerprint density at radius 2 is 0.867 bits per heavy atom. The van der Waals surface area contributed by atoms with E-state index in [0.717, 1.165) is 13.1 Å². The van der Waals surface area contributed by atoms with Crippen molar-refractivity contribution in [3.05, 3.63) is 10.6 Å². The summed E-state index contributed by atoms with van der Waals surface area (Å²) in [5, 5.41) is 8.93. The summed E-state index contributed by atoms with van der Waals surface area (Å²) in [4.78, 5) is 0. The molecule has 0 aliphatic heterocycles. The molecule has 0 amide bonds. The van der Waals surface area contributed by atoms with Gasteiger partial charge in [-0.2, -0.15) is 13.1 Å². The molecule has 0 aromatic carbocycles. The number of hydrogen-bond donors (Lipinski definition) is 0. The molecule has 0 spiro atoms. The van der Waals surface area contributed by atoms with Crippen LogP contribution in [-0.4, -0.2) is 24.2 Å². The fourth-order valence-corrected chi connectivity index (χ4v) is 0.771. The van der Waals surface area contributed by atoms with Crippen LogP contribution in [0.25, 0.3) is 10.6 Å². The van der Waals surface area contributed by atoms with Crippen LogP contribution in [0, 0.1) is 0 Å². The molecule has 5 heteroatoms. The van der Waals surface area contributed by atoms with Crippen molar-refractivity contribution in [2.45, 2.75) is 52.6 Å². The first-order chi connectivity index (χ1) is 5.21. The second kappa shape index (κ2) is 9.68. The van der Waals surface area contributed by atoms with Gasteiger partial charge in [-0.25, -0.2) is 0 Å². The van der Waals surface area contributed by atoms with Gasteiger partial charge in [-0.1, -0.05) is 41.5 Å². The van der Waals surface area contributed by atoms with Crippen LogP contribution < -0.4 is 0 Å². The van der Waals surface area contributed by atoms with Crippen LogP contribution in [0.15, 0.2) is 0 Å². The molecular weight excluding hydrogens is 370 g/mol. The molecule has 0 heterocycles. The van der Waals surface area contributed by atoms with Crippen molar-refractivity contribution in [2.24, 2.45) is 0 Å². The quantitative estimate of drug-likeness (QED) is 0.661. The van der Waals surface area contributed by atoms with Crippen molar-refractivity contribution in [3.63, 3.8) is 0 Å². The van der Waals surface area contributed by atoms with Gasteiger partial charge in [0, 0.05) is 0 Å². The van der Waals surface area contributed by atoms with Gasteiger partial charge >= 0.3 is 19.8 Å². The minimum Gasteiger partial charge on any atom is -2.00 e. The maximum atomic E-state index is 4.47. The van der Waals surface area contributed by atoms with Crippen molar-refractivity contribution in [3.8, 4) is 0 Å². The van der Waals surface area contributed by atoms with E-state index in [1.807, 2.05) is 0 Å². The van der Waals surface area contributed by atoms with Crippen LogP contribution in [-0.2, 0) is 30.7 Å². The summed E-state index contributed by atoms with van der Waals surface area (Å²) in [7, 11) is 0. The molecule has 0 rings (SSSR count). The fourth-order valence-electron chi connectivity index (χ4n) is 0.771. The SMILES string of the molecule is CC(C)(C)[N-]CC[N-]C(C)(C)C.[O-2].[O-2].[Os+6]. The molecule has 0 unspecified atom stereocenters. The first-order valence-corrected chi connectivity index (χ1v) is 4.58. The van der Waals surface area contributed by atoms with E-state index >= 15 is 0 Å². The summed E-state index contributed by atoms with van der Waals surface area (Å²) in [5.41, 5.74) is 0.181. The van der Waals surface area contributed by atoms with Crippen LogP contribution >= 0.6 is 0 Å². The largest absolute Gasteiger partial charge is 6.00 e. The summed E-state index contributed by atoms with van der Waals surface area (Å²) in [6.45, 7) is 14.4. The van der Waals surface area contributed by atoms with Crippen LogP contribution in [0.3, 0.4) is 0 Å². The molecule has 0 atom stereocenters. The Morgan fingerprint density at radius 3 is 1.00 bits per heavy atom. The van der Waals surface area contributed by atoms with E-state index in [1.54, 1.807) is 0 Å². The van der Waals surface area contributed by atoms with Gasteiger partial charge in [-0.3, -0.25) is 0 Å². The molecular formula is C10H22N2O2Os. The van der Waals surface area contributed by atoms with Gasteiger partial charge in [0.25, 0.3) is 0 Å². The predicted molar refractivity (Wildman–Crippen MR) is 57.3 cm³/mol. The molecule has 0 aliphatic carbocycles. The first kappa shape index (κ1) is 24.6. The molecule has 92 valence electrons. The fraction of sp³-hybridized carbons (Fsp3) is 1.00. The maximum Gasteiger partial charge on any atom is 6.00 e. The summed E-state index contributed by atoms with van der Waals surface area (Å²) in [6.07, 6.45) is 0. The molecule has 0 radical (unpaired) electrons. The van der Waals surface area contributed by atoms with E-state index in [2.05, 4.69) is 52.2 Å². The van der Waals surface area contributed by atoms with E-state index < -0.39 is 0 Å². The van der Waals surface area contributed by atoms with Crippen LogP contribution in [0.2, 0.25) is 0 Å². The van der Waals surface area contributed by atoms with Gasteiger partial charge in [0.15, 0.2) is 0 Å². The standard InChI is InChI=1S/C10H22N2.2O.Os/c1-9(2,3)11-7-8-12-10(4,5)6;;;/h7-8H2,1-6H3;;;/q3*-2;+6. The monoisotopic (exact) mass is 394 g/mol. The molecule has 4 nitrogen and oxygen atoms in total. The zero-order chi connectivity index (χ0) is 9.83. The van der Waals surface area contributed by atoms with Gasteiger partial charge in [-0.05, 0) is 0 Å². The van der Waals surface area contributed by atoms with Crippen molar-refractivity contribution in [1.82, 2.24) is 0 Å². The summed E-state index contributed by atoms with van der Waals surface area (Å²) >= 11 is 0. The number of nitrogens with zero attached hydrogens (tertiary/aromatic N) is 2. The Labute approximate surface area is 107 Å². The molecule has 0 saturated heterocycles. The Kier molecular flexibility index (Phi) is 15.9. The topological polar surface area (TPSA) is 85.2 Å². The third-order valence-corrected chi connectivity index (χ3v) is 1.27.